The van der Waals surface area contributed by atoms with Gasteiger partial charge in [-0.25, -0.2) is 0 Å². The first-order valence-electron chi connectivity index (χ1n) is 6.88. The van der Waals surface area contributed by atoms with Crippen LogP contribution in [-0.2, 0) is 0 Å². The first-order chi connectivity index (χ1) is 10.6. The Hall–Kier alpha value is -2.34. The molecule has 6 heteroatoms. The summed E-state index contributed by atoms with van der Waals surface area (Å²) in [6.45, 7) is 1.96. The van der Waals surface area contributed by atoms with Crippen molar-refractivity contribution in [1.82, 2.24) is 20.1 Å². The van der Waals surface area contributed by atoms with Gasteiger partial charge in [-0.1, -0.05) is 12.1 Å². The zero-order chi connectivity index (χ0) is 15.5. The van der Waals surface area contributed by atoms with Crippen molar-refractivity contribution in [2.45, 2.75) is 13.0 Å². The Morgan fingerprint density at radius 3 is 2.77 bits per heavy atom. The van der Waals surface area contributed by atoms with Gasteiger partial charge >= 0.3 is 0 Å². The Balaban J connectivity index is 1.78. The van der Waals surface area contributed by atoms with Crippen LogP contribution in [0.1, 0.15) is 29.0 Å². The van der Waals surface area contributed by atoms with E-state index in [1.807, 2.05) is 54.2 Å². The zero-order valence-corrected chi connectivity index (χ0v) is 13.5. The molecule has 5 nitrogen and oxygen atoms in total. The average molecular weight is 359 g/mol. The number of nitrogens with one attached hydrogen (secondary N) is 2. The average Bonchev–Trinajstić information content (AvgIpc) is 3.18. The van der Waals surface area contributed by atoms with E-state index in [0.717, 1.165) is 11.3 Å². The van der Waals surface area contributed by atoms with Gasteiger partial charge in [0.05, 0.1) is 16.7 Å². The van der Waals surface area contributed by atoms with E-state index in [1.165, 1.54) is 0 Å². The highest BCUT2D eigenvalue weighted by Gasteiger charge is 2.15. The highest BCUT2D eigenvalue weighted by atomic mass is 79.9. The lowest BCUT2D eigenvalue weighted by molar-refractivity contribution is 0.0934. The van der Waals surface area contributed by atoms with E-state index >= 15 is 0 Å². The highest BCUT2D eigenvalue weighted by Crippen LogP contribution is 2.19. The molecule has 1 aromatic carbocycles. The molecule has 0 saturated carbocycles. The van der Waals surface area contributed by atoms with E-state index in [9.17, 15) is 4.79 Å². The number of nitrogens with zero attached hydrogens (tertiary/aromatic N) is 2. The lowest BCUT2D eigenvalue weighted by Gasteiger charge is -2.15. The summed E-state index contributed by atoms with van der Waals surface area (Å²) >= 11 is 3.29. The lowest BCUT2D eigenvalue weighted by Crippen LogP contribution is -2.27. The molecular formula is C16H15BrN4O. The van der Waals surface area contributed by atoms with Crippen LogP contribution < -0.4 is 5.32 Å². The molecule has 3 rings (SSSR count). The number of rotatable bonds is 4. The summed E-state index contributed by atoms with van der Waals surface area (Å²) in [5, 5.41) is 9.48. The maximum Gasteiger partial charge on any atom is 0.270 e. The van der Waals surface area contributed by atoms with Crippen molar-refractivity contribution < 1.29 is 4.79 Å². The molecule has 2 aromatic heterocycles. The van der Waals surface area contributed by atoms with Crippen LogP contribution in [0.2, 0.25) is 0 Å². The van der Waals surface area contributed by atoms with Crippen LogP contribution in [0.25, 0.3) is 5.69 Å². The van der Waals surface area contributed by atoms with E-state index in [-0.39, 0.29) is 11.9 Å². The Labute approximate surface area is 136 Å². The van der Waals surface area contributed by atoms with Gasteiger partial charge in [-0.05, 0) is 52.7 Å². The second-order valence-electron chi connectivity index (χ2n) is 4.97. The summed E-state index contributed by atoms with van der Waals surface area (Å²) in [4.78, 5) is 12.2. The molecular weight excluding hydrogens is 344 g/mol. The number of halogens is 1. The molecule has 3 aromatic rings. The van der Waals surface area contributed by atoms with Gasteiger partial charge in [-0.15, -0.1) is 0 Å². The third kappa shape index (κ3) is 2.96. The van der Waals surface area contributed by atoms with Gasteiger partial charge in [0.15, 0.2) is 0 Å². The minimum atomic E-state index is -0.191. The smallest absolute Gasteiger partial charge is 0.270 e. The molecule has 2 N–H and O–H groups in total. The fraction of sp³-hybridized carbons (Fsp3) is 0.125. The molecule has 1 unspecified atom stereocenters. The number of benzene rings is 1. The summed E-state index contributed by atoms with van der Waals surface area (Å²) < 4.78 is 2.68. The number of hydrogen-bond acceptors (Lipinski definition) is 2. The van der Waals surface area contributed by atoms with Crippen LogP contribution in [0.4, 0.5) is 0 Å². The second kappa shape index (κ2) is 6.19. The van der Waals surface area contributed by atoms with E-state index in [0.29, 0.717) is 10.2 Å². The number of carbonyl (C=O) groups excluding carboxylic acids is 1. The first kappa shape index (κ1) is 14.6. The molecule has 22 heavy (non-hydrogen) atoms. The third-order valence-electron chi connectivity index (χ3n) is 3.44. The molecule has 1 amide bonds. The quantitative estimate of drug-likeness (QED) is 0.750. The summed E-state index contributed by atoms with van der Waals surface area (Å²) in [5.74, 6) is -0.191. The predicted molar refractivity (Wildman–Crippen MR) is 87.9 cm³/mol. The van der Waals surface area contributed by atoms with E-state index in [4.69, 9.17) is 0 Å². The first-order valence-corrected chi connectivity index (χ1v) is 7.67. The van der Waals surface area contributed by atoms with Crippen LogP contribution in [-0.4, -0.2) is 20.7 Å². The van der Waals surface area contributed by atoms with E-state index in [2.05, 4.69) is 37.5 Å². The standard InChI is InChI=1S/C16H15BrN4O/c1-11(19-16(22)15-14(17)10-18-20-15)12-5-4-6-13(9-12)21-7-2-3-8-21/h2-11H,1H3,(H,18,20)(H,19,22). The fourth-order valence-electron chi connectivity index (χ4n) is 2.24. The van der Waals surface area contributed by atoms with Crippen molar-refractivity contribution in [2.75, 3.05) is 0 Å². The maximum absolute atomic E-state index is 12.2. The Morgan fingerprint density at radius 2 is 2.09 bits per heavy atom. The molecule has 0 aliphatic carbocycles. The maximum atomic E-state index is 12.2. The SMILES string of the molecule is CC(NC(=O)c1[nH]ncc1Br)c1cccc(-n2cccc2)c1. The molecule has 1 atom stereocenters. The number of carbonyl (C=O) groups is 1. The molecule has 0 aliphatic rings. The number of hydrogen-bond donors (Lipinski definition) is 2. The van der Waals surface area contributed by atoms with Crippen molar-refractivity contribution in [3.63, 3.8) is 0 Å². The summed E-state index contributed by atoms with van der Waals surface area (Å²) in [6, 6.07) is 11.9. The van der Waals surface area contributed by atoms with Crippen LogP contribution in [0, 0.1) is 0 Å². The molecule has 0 saturated heterocycles. The minimum absolute atomic E-state index is 0.113. The van der Waals surface area contributed by atoms with Gasteiger partial charge in [0.1, 0.15) is 5.69 Å². The van der Waals surface area contributed by atoms with Gasteiger partial charge in [-0.3, -0.25) is 9.89 Å². The van der Waals surface area contributed by atoms with Crippen LogP contribution >= 0.6 is 15.9 Å². The Kier molecular flexibility index (Phi) is 4.11. The van der Waals surface area contributed by atoms with Crippen LogP contribution in [0.3, 0.4) is 0 Å². The summed E-state index contributed by atoms with van der Waals surface area (Å²) in [6.07, 6.45) is 5.54. The number of H-pyrrole nitrogens is 1. The molecule has 0 fully saturated rings. The fourth-order valence-corrected chi connectivity index (χ4v) is 2.62. The lowest BCUT2D eigenvalue weighted by atomic mass is 10.1. The minimum Gasteiger partial charge on any atom is -0.344 e. The van der Waals surface area contributed by atoms with Crippen molar-refractivity contribution in [3.05, 3.63) is 70.7 Å². The molecule has 0 bridgehead atoms. The van der Waals surface area contributed by atoms with E-state index in [1.54, 1.807) is 6.20 Å². The van der Waals surface area contributed by atoms with Crippen molar-refractivity contribution in [2.24, 2.45) is 0 Å². The van der Waals surface area contributed by atoms with Gasteiger partial charge < -0.3 is 9.88 Å². The van der Waals surface area contributed by atoms with Crippen LogP contribution in [0.15, 0.2) is 59.5 Å². The zero-order valence-electron chi connectivity index (χ0n) is 12.0. The van der Waals surface area contributed by atoms with Gasteiger partial charge in [-0.2, -0.15) is 5.10 Å². The predicted octanol–water partition coefficient (Wildman–Crippen LogP) is 3.45. The second-order valence-corrected chi connectivity index (χ2v) is 5.83. The number of aromatic nitrogens is 3. The number of amides is 1. The Morgan fingerprint density at radius 1 is 1.32 bits per heavy atom. The largest absolute Gasteiger partial charge is 0.344 e. The van der Waals surface area contributed by atoms with Crippen LogP contribution in [0.5, 0.6) is 0 Å². The van der Waals surface area contributed by atoms with Crippen molar-refractivity contribution in [3.8, 4) is 5.69 Å². The summed E-state index contributed by atoms with van der Waals surface area (Å²) in [7, 11) is 0. The van der Waals surface area contributed by atoms with Gasteiger partial charge in [0.2, 0.25) is 0 Å². The molecule has 112 valence electrons. The topological polar surface area (TPSA) is 62.7 Å². The van der Waals surface area contributed by atoms with Gasteiger partial charge in [0, 0.05) is 18.1 Å². The Bertz CT molecular complexity index is 779. The molecule has 0 radical (unpaired) electrons. The molecule has 0 aliphatic heterocycles. The number of aromatic amines is 1. The van der Waals surface area contributed by atoms with Gasteiger partial charge in [0.25, 0.3) is 5.91 Å². The monoisotopic (exact) mass is 358 g/mol. The summed E-state index contributed by atoms with van der Waals surface area (Å²) in [5.41, 5.74) is 2.52. The van der Waals surface area contributed by atoms with Crippen molar-refractivity contribution in [1.29, 1.82) is 0 Å². The third-order valence-corrected chi connectivity index (χ3v) is 4.04. The normalized spacial score (nSPS) is 12.1. The molecule has 2 heterocycles. The molecule has 0 spiro atoms. The van der Waals surface area contributed by atoms with E-state index < -0.39 is 0 Å². The highest BCUT2D eigenvalue weighted by molar-refractivity contribution is 9.10. The van der Waals surface area contributed by atoms with Crippen molar-refractivity contribution >= 4 is 21.8 Å².